The van der Waals surface area contributed by atoms with E-state index in [1.165, 1.54) is 11.1 Å². The summed E-state index contributed by atoms with van der Waals surface area (Å²) in [5.41, 5.74) is 3.69. The van der Waals surface area contributed by atoms with Crippen LogP contribution in [0, 0.1) is 0 Å². The van der Waals surface area contributed by atoms with E-state index in [2.05, 4.69) is 43.3 Å². The van der Waals surface area contributed by atoms with Gasteiger partial charge < -0.3 is 30.1 Å². The average Bonchev–Trinajstić information content (AvgIpc) is 2.85. The van der Waals surface area contributed by atoms with Crippen LogP contribution in [-0.4, -0.2) is 75.6 Å². The maximum atomic E-state index is 12.2. The molecule has 2 unspecified atom stereocenters. The predicted molar refractivity (Wildman–Crippen MR) is 137 cm³/mol. The Morgan fingerprint density at radius 3 is 1.81 bits per heavy atom. The highest BCUT2D eigenvalue weighted by Gasteiger charge is 2.29. The number of benzene rings is 2. The SMILES string of the molecule is CN(C)Cc1ccc(C2CCC(OC(=O)Cc3ccc(Cl)cc3)CC2)cc1.O=C(O)C(O)C(O)C(=O)O. The van der Waals surface area contributed by atoms with Crippen molar-refractivity contribution in [3.05, 3.63) is 70.2 Å². The molecule has 202 valence electrons. The van der Waals surface area contributed by atoms with Gasteiger partial charge in [-0.05, 0) is 74.5 Å². The van der Waals surface area contributed by atoms with Gasteiger partial charge in [0.2, 0.25) is 0 Å². The normalized spacial score (nSPS) is 18.8. The van der Waals surface area contributed by atoms with E-state index in [4.69, 9.17) is 36.8 Å². The van der Waals surface area contributed by atoms with Crippen molar-refractivity contribution in [2.45, 2.75) is 62.9 Å². The molecule has 0 aliphatic heterocycles. The van der Waals surface area contributed by atoms with Crippen LogP contribution in [0.4, 0.5) is 0 Å². The van der Waals surface area contributed by atoms with E-state index in [1.807, 2.05) is 12.1 Å². The molecule has 3 rings (SSSR count). The molecule has 10 heteroatoms. The molecule has 0 radical (unpaired) electrons. The summed E-state index contributed by atoms with van der Waals surface area (Å²) in [6, 6.07) is 16.3. The van der Waals surface area contributed by atoms with Crippen LogP contribution in [0.1, 0.15) is 48.3 Å². The first kappa shape index (κ1) is 30.2. The van der Waals surface area contributed by atoms with E-state index in [0.29, 0.717) is 17.4 Å². The first-order chi connectivity index (χ1) is 17.5. The van der Waals surface area contributed by atoms with Gasteiger partial charge in [0.05, 0.1) is 6.42 Å². The molecule has 1 aliphatic rings. The zero-order chi connectivity index (χ0) is 27.5. The number of carboxylic acids is 2. The number of aliphatic hydroxyl groups is 2. The summed E-state index contributed by atoms with van der Waals surface area (Å²) in [5, 5.41) is 33.2. The second-order valence-corrected chi connectivity index (χ2v) is 9.75. The number of hydrogen-bond acceptors (Lipinski definition) is 7. The molecule has 1 aliphatic carbocycles. The standard InChI is InChI=1S/C23H28ClNO2.C4H6O6/c1-25(2)16-18-3-7-19(8-4-18)20-9-13-22(14-10-20)27-23(26)15-17-5-11-21(24)12-6-17;5-1(3(7)8)2(6)4(9)10/h3-8,11-12,20,22H,9-10,13-16H2,1-2H3;1-2,5-6H,(H,7,8)(H,9,10). The predicted octanol–water partition coefficient (Wildman–Crippen LogP) is 3.09. The number of nitrogens with zero attached hydrogens (tertiary/aromatic N) is 1. The van der Waals surface area contributed by atoms with Crippen molar-refractivity contribution in [1.29, 1.82) is 0 Å². The Kier molecular flexibility index (Phi) is 12.0. The van der Waals surface area contributed by atoms with Gasteiger partial charge in [-0.25, -0.2) is 9.59 Å². The minimum atomic E-state index is -2.27. The van der Waals surface area contributed by atoms with Gasteiger partial charge in [0.1, 0.15) is 6.10 Å². The summed E-state index contributed by atoms with van der Waals surface area (Å²) < 4.78 is 5.70. The van der Waals surface area contributed by atoms with Crippen LogP contribution in [0.15, 0.2) is 48.5 Å². The van der Waals surface area contributed by atoms with E-state index in [1.54, 1.807) is 12.1 Å². The van der Waals surface area contributed by atoms with E-state index in [9.17, 15) is 14.4 Å². The van der Waals surface area contributed by atoms with E-state index < -0.39 is 24.1 Å². The number of hydrogen-bond donors (Lipinski definition) is 4. The van der Waals surface area contributed by atoms with Crippen LogP contribution in [0.25, 0.3) is 0 Å². The van der Waals surface area contributed by atoms with Crippen molar-refractivity contribution in [1.82, 2.24) is 4.90 Å². The first-order valence-corrected chi connectivity index (χ1v) is 12.3. The second kappa shape index (κ2) is 14.7. The molecule has 0 amide bonds. The van der Waals surface area contributed by atoms with Gasteiger partial charge in [-0.15, -0.1) is 0 Å². The Bertz CT molecular complexity index is 1000. The minimum absolute atomic E-state index is 0.0501. The maximum absolute atomic E-state index is 12.2. The highest BCUT2D eigenvalue weighted by Crippen LogP contribution is 2.34. The lowest BCUT2D eigenvalue weighted by Gasteiger charge is -2.28. The van der Waals surface area contributed by atoms with Gasteiger partial charge in [0.25, 0.3) is 0 Å². The highest BCUT2D eigenvalue weighted by atomic mass is 35.5. The summed E-state index contributed by atoms with van der Waals surface area (Å²) >= 11 is 5.88. The van der Waals surface area contributed by atoms with Gasteiger partial charge in [-0.2, -0.15) is 0 Å². The van der Waals surface area contributed by atoms with Gasteiger partial charge in [0, 0.05) is 11.6 Å². The van der Waals surface area contributed by atoms with Crippen LogP contribution < -0.4 is 0 Å². The van der Waals surface area contributed by atoms with E-state index in [-0.39, 0.29) is 12.1 Å². The fraction of sp³-hybridized carbons (Fsp3) is 0.444. The molecule has 2 aromatic carbocycles. The third-order valence-electron chi connectivity index (χ3n) is 5.99. The Morgan fingerprint density at radius 1 is 0.865 bits per heavy atom. The minimum Gasteiger partial charge on any atom is -0.479 e. The molecule has 4 N–H and O–H groups in total. The highest BCUT2D eigenvalue weighted by molar-refractivity contribution is 6.30. The fourth-order valence-corrected chi connectivity index (χ4v) is 4.17. The number of aliphatic hydroxyl groups excluding tert-OH is 2. The average molecular weight is 536 g/mol. The number of carbonyl (C=O) groups is 3. The molecule has 9 nitrogen and oxygen atoms in total. The van der Waals surface area contributed by atoms with Crippen molar-refractivity contribution < 1.29 is 39.5 Å². The summed E-state index contributed by atoms with van der Waals surface area (Å²) in [7, 11) is 4.17. The topological polar surface area (TPSA) is 145 Å². The number of carbonyl (C=O) groups excluding carboxylic acids is 1. The zero-order valence-electron chi connectivity index (χ0n) is 20.9. The van der Waals surface area contributed by atoms with Crippen LogP contribution in [0.3, 0.4) is 0 Å². The van der Waals surface area contributed by atoms with E-state index >= 15 is 0 Å². The monoisotopic (exact) mass is 535 g/mol. The van der Waals surface area contributed by atoms with Gasteiger partial charge in [-0.1, -0.05) is 48.0 Å². The smallest absolute Gasteiger partial charge is 0.335 e. The Balaban J connectivity index is 0.000000410. The van der Waals surface area contributed by atoms with Gasteiger partial charge >= 0.3 is 17.9 Å². The molecule has 1 fully saturated rings. The lowest BCUT2D eigenvalue weighted by Crippen LogP contribution is -2.39. The number of aliphatic carboxylic acids is 2. The number of rotatable bonds is 9. The molecule has 0 bridgehead atoms. The van der Waals surface area contributed by atoms with Crippen molar-refractivity contribution in [2.75, 3.05) is 14.1 Å². The van der Waals surface area contributed by atoms with E-state index in [0.717, 1.165) is 37.8 Å². The lowest BCUT2D eigenvalue weighted by atomic mass is 9.82. The third kappa shape index (κ3) is 10.5. The molecular weight excluding hydrogens is 502 g/mol. The molecule has 0 saturated heterocycles. The van der Waals surface area contributed by atoms with Gasteiger partial charge in [0.15, 0.2) is 12.2 Å². The maximum Gasteiger partial charge on any atom is 0.335 e. The molecule has 0 spiro atoms. The quantitative estimate of drug-likeness (QED) is 0.356. The summed E-state index contributed by atoms with van der Waals surface area (Å²) in [6.45, 7) is 0.969. The summed E-state index contributed by atoms with van der Waals surface area (Å²) in [4.78, 5) is 33.9. The van der Waals surface area contributed by atoms with Crippen LogP contribution >= 0.6 is 11.6 Å². The summed E-state index contributed by atoms with van der Waals surface area (Å²) in [5.74, 6) is -3.11. The molecule has 37 heavy (non-hydrogen) atoms. The van der Waals surface area contributed by atoms with Crippen molar-refractivity contribution in [3.8, 4) is 0 Å². The molecular formula is C27H34ClNO8. The number of ether oxygens (including phenoxy) is 1. The van der Waals surface area contributed by atoms with Crippen molar-refractivity contribution >= 4 is 29.5 Å². The molecule has 0 heterocycles. The first-order valence-electron chi connectivity index (χ1n) is 12.0. The zero-order valence-corrected chi connectivity index (χ0v) is 21.7. The summed E-state index contributed by atoms with van der Waals surface area (Å²) in [6.07, 6.45) is -0.140. The molecule has 1 saturated carbocycles. The largest absolute Gasteiger partial charge is 0.479 e. The number of halogens is 1. The number of esters is 1. The van der Waals surface area contributed by atoms with Crippen molar-refractivity contribution in [3.63, 3.8) is 0 Å². The van der Waals surface area contributed by atoms with Crippen LogP contribution in [-0.2, 0) is 32.1 Å². The second-order valence-electron chi connectivity index (χ2n) is 9.31. The van der Waals surface area contributed by atoms with Crippen LogP contribution in [0.2, 0.25) is 5.02 Å². The lowest BCUT2D eigenvalue weighted by molar-refractivity contribution is -0.165. The van der Waals surface area contributed by atoms with Crippen LogP contribution in [0.5, 0.6) is 0 Å². The molecule has 2 aromatic rings. The van der Waals surface area contributed by atoms with Gasteiger partial charge in [-0.3, -0.25) is 4.79 Å². The Hall–Kier alpha value is -2.98. The Morgan fingerprint density at radius 2 is 1.35 bits per heavy atom. The third-order valence-corrected chi connectivity index (χ3v) is 6.24. The molecule has 2 atom stereocenters. The number of carboxylic acid groups (broad SMARTS) is 2. The Labute approximate surface area is 221 Å². The molecule has 0 aromatic heterocycles. The van der Waals surface area contributed by atoms with Crippen molar-refractivity contribution in [2.24, 2.45) is 0 Å². The fourth-order valence-electron chi connectivity index (χ4n) is 4.04.